The molecule has 126 valence electrons. The molecule has 0 atom stereocenters. The minimum Gasteiger partial charge on any atom is -0.390 e. The van der Waals surface area contributed by atoms with Gasteiger partial charge in [0.25, 0.3) is 0 Å². The second kappa shape index (κ2) is 8.66. The van der Waals surface area contributed by atoms with Crippen LogP contribution in [0.2, 0.25) is 6.04 Å². The van der Waals surface area contributed by atoms with E-state index in [4.69, 9.17) is 8.85 Å². The summed E-state index contributed by atoms with van der Waals surface area (Å²) in [6.45, 7) is 0. The Morgan fingerprint density at radius 1 is 1.05 bits per heavy atom. The molecule has 0 aromatic heterocycles. The summed E-state index contributed by atoms with van der Waals surface area (Å²) in [6.07, 6.45) is -0.269. The third-order valence-electron chi connectivity index (χ3n) is 3.60. The number of rotatable bonds is 9. The van der Waals surface area contributed by atoms with Crippen molar-refractivity contribution >= 4 is 8.80 Å². The summed E-state index contributed by atoms with van der Waals surface area (Å²) < 4.78 is 47.7. The van der Waals surface area contributed by atoms with Crippen molar-refractivity contribution < 1.29 is 26.8 Å². The van der Waals surface area contributed by atoms with Gasteiger partial charge in [-0.2, -0.15) is 13.2 Å². The standard InChI is InChI=1S/C15H23F3O3Si/c1-20-22(19,21-2)11-6-4-3-5-8-13-9-7-10-14(12-13)15(16,17)18/h7,9-10,12,19H,3-6,8,11H2,1-2H3. The fourth-order valence-corrected chi connectivity index (χ4v) is 3.49. The van der Waals surface area contributed by atoms with Crippen molar-refractivity contribution in [2.45, 2.75) is 44.3 Å². The van der Waals surface area contributed by atoms with Crippen LogP contribution in [0.5, 0.6) is 0 Å². The molecule has 0 aliphatic heterocycles. The fourth-order valence-electron chi connectivity index (χ4n) is 2.22. The Morgan fingerprint density at radius 2 is 1.68 bits per heavy atom. The van der Waals surface area contributed by atoms with Crippen LogP contribution >= 0.6 is 0 Å². The summed E-state index contributed by atoms with van der Waals surface area (Å²) in [5.74, 6) is 0. The molecule has 0 aliphatic carbocycles. The molecule has 1 aromatic rings. The van der Waals surface area contributed by atoms with E-state index in [1.165, 1.54) is 26.4 Å². The third-order valence-corrected chi connectivity index (χ3v) is 5.86. The summed E-state index contributed by atoms with van der Waals surface area (Å²) in [4.78, 5) is 9.86. The normalized spacial score (nSPS) is 12.6. The number of unbranched alkanes of at least 4 members (excludes halogenated alkanes) is 3. The van der Waals surface area contributed by atoms with Gasteiger partial charge in [-0.15, -0.1) is 0 Å². The van der Waals surface area contributed by atoms with E-state index in [1.807, 2.05) is 0 Å². The predicted molar refractivity (Wildman–Crippen MR) is 80.4 cm³/mol. The van der Waals surface area contributed by atoms with Crippen molar-refractivity contribution in [3.05, 3.63) is 35.4 Å². The summed E-state index contributed by atoms with van der Waals surface area (Å²) >= 11 is 0. The molecular weight excluding hydrogens is 313 g/mol. The topological polar surface area (TPSA) is 38.7 Å². The van der Waals surface area contributed by atoms with Crippen molar-refractivity contribution in [3.63, 3.8) is 0 Å². The van der Waals surface area contributed by atoms with E-state index in [0.717, 1.165) is 31.7 Å². The molecule has 7 heteroatoms. The monoisotopic (exact) mass is 336 g/mol. The largest absolute Gasteiger partial charge is 0.497 e. The number of halogens is 3. The molecular formula is C15H23F3O3Si. The number of hydrogen-bond acceptors (Lipinski definition) is 3. The van der Waals surface area contributed by atoms with Crippen LogP contribution in [-0.2, 0) is 21.4 Å². The van der Waals surface area contributed by atoms with E-state index in [9.17, 15) is 18.0 Å². The van der Waals surface area contributed by atoms with E-state index in [1.54, 1.807) is 6.07 Å². The first-order valence-corrected chi connectivity index (χ1v) is 9.26. The third kappa shape index (κ3) is 6.47. The van der Waals surface area contributed by atoms with E-state index in [-0.39, 0.29) is 0 Å². The maximum Gasteiger partial charge on any atom is 0.497 e. The van der Waals surface area contributed by atoms with Crippen molar-refractivity contribution in [2.75, 3.05) is 14.2 Å². The smallest absolute Gasteiger partial charge is 0.390 e. The molecule has 0 heterocycles. The Hall–Kier alpha value is -0.893. The van der Waals surface area contributed by atoms with Gasteiger partial charge in [0, 0.05) is 20.3 Å². The van der Waals surface area contributed by atoms with Gasteiger partial charge in [-0.05, 0) is 30.9 Å². The first kappa shape index (κ1) is 19.2. The van der Waals surface area contributed by atoms with Crippen LogP contribution in [0.4, 0.5) is 13.2 Å². The van der Waals surface area contributed by atoms with Crippen LogP contribution in [0.15, 0.2) is 24.3 Å². The molecule has 0 saturated heterocycles. The molecule has 0 bridgehead atoms. The highest BCUT2D eigenvalue weighted by atomic mass is 28.4. The lowest BCUT2D eigenvalue weighted by Crippen LogP contribution is -2.39. The number of alkyl halides is 3. The predicted octanol–water partition coefficient (Wildman–Crippen LogP) is 4.03. The Bertz CT molecular complexity index is 448. The second-order valence-electron chi connectivity index (χ2n) is 5.23. The van der Waals surface area contributed by atoms with Crippen LogP contribution in [0, 0.1) is 0 Å². The van der Waals surface area contributed by atoms with Gasteiger partial charge in [0.05, 0.1) is 5.56 Å². The lowest BCUT2D eigenvalue weighted by atomic mass is 10.0. The molecule has 0 amide bonds. The van der Waals surface area contributed by atoms with Crippen molar-refractivity contribution in [3.8, 4) is 0 Å². The van der Waals surface area contributed by atoms with Gasteiger partial charge in [0.2, 0.25) is 0 Å². The second-order valence-corrected chi connectivity index (χ2v) is 7.98. The highest BCUT2D eigenvalue weighted by molar-refractivity contribution is 6.59. The van der Waals surface area contributed by atoms with Gasteiger partial charge in [0.15, 0.2) is 0 Å². The number of hydrogen-bond donors (Lipinski definition) is 1. The quantitative estimate of drug-likeness (QED) is 0.546. The molecule has 0 unspecified atom stereocenters. The zero-order chi connectivity index (χ0) is 16.6. The van der Waals surface area contributed by atoms with Gasteiger partial charge >= 0.3 is 15.0 Å². The zero-order valence-corrected chi connectivity index (χ0v) is 13.9. The van der Waals surface area contributed by atoms with Crippen LogP contribution < -0.4 is 0 Å². The zero-order valence-electron chi connectivity index (χ0n) is 12.9. The van der Waals surface area contributed by atoms with Gasteiger partial charge in [-0.3, -0.25) is 0 Å². The highest BCUT2D eigenvalue weighted by Gasteiger charge is 2.33. The van der Waals surface area contributed by atoms with Crippen LogP contribution in [0.3, 0.4) is 0 Å². The van der Waals surface area contributed by atoms with E-state index in [0.29, 0.717) is 18.0 Å². The molecule has 3 nitrogen and oxygen atoms in total. The molecule has 1 N–H and O–H groups in total. The Balaban J connectivity index is 2.28. The summed E-state index contributed by atoms with van der Waals surface area (Å²) in [5.41, 5.74) is 0.107. The molecule has 0 fully saturated rings. The fraction of sp³-hybridized carbons (Fsp3) is 0.600. The average Bonchev–Trinajstić information content (AvgIpc) is 2.50. The van der Waals surface area contributed by atoms with E-state index in [2.05, 4.69) is 0 Å². The highest BCUT2D eigenvalue weighted by Crippen LogP contribution is 2.29. The van der Waals surface area contributed by atoms with E-state index >= 15 is 0 Å². The molecule has 0 radical (unpaired) electrons. The van der Waals surface area contributed by atoms with Gasteiger partial charge in [-0.1, -0.05) is 31.0 Å². The van der Waals surface area contributed by atoms with Gasteiger partial charge in [-0.25, -0.2) is 0 Å². The lowest BCUT2D eigenvalue weighted by Gasteiger charge is -2.19. The Morgan fingerprint density at radius 3 is 2.27 bits per heavy atom. The molecule has 1 aromatic carbocycles. The average molecular weight is 336 g/mol. The van der Waals surface area contributed by atoms with Gasteiger partial charge < -0.3 is 13.6 Å². The first-order chi connectivity index (χ1) is 10.3. The minimum atomic E-state index is -4.29. The van der Waals surface area contributed by atoms with E-state index < -0.39 is 20.5 Å². The molecule has 0 saturated carbocycles. The van der Waals surface area contributed by atoms with Crippen LogP contribution in [-0.4, -0.2) is 27.8 Å². The maximum absolute atomic E-state index is 12.6. The van der Waals surface area contributed by atoms with Gasteiger partial charge in [0.1, 0.15) is 0 Å². The van der Waals surface area contributed by atoms with Crippen LogP contribution in [0.1, 0.15) is 36.8 Å². The maximum atomic E-state index is 12.6. The summed E-state index contributed by atoms with van der Waals surface area (Å²) in [6, 6.07) is 5.97. The number of benzene rings is 1. The Labute approximate surface area is 130 Å². The van der Waals surface area contributed by atoms with Crippen molar-refractivity contribution in [1.29, 1.82) is 0 Å². The SMILES string of the molecule is CO[Si](O)(CCCCCCc1cccc(C(F)(F)F)c1)OC. The lowest BCUT2D eigenvalue weighted by molar-refractivity contribution is -0.137. The summed E-state index contributed by atoms with van der Waals surface area (Å²) in [5, 5.41) is 0. The molecule has 0 spiro atoms. The molecule has 1 rings (SSSR count). The summed E-state index contributed by atoms with van der Waals surface area (Å²) in [7, 11) is -0.107. The van der Waals surface area contributed by atoms with Crippen molar-refractivity contribution in [1.82, 2.24) is 0 Å². The van der Waals surface area contributed by atoms with Crippen molar-refractivity contribution in [2.24, 2.45) is 0 Å². The molecule has 22 heavy (non-hydrogen) atoms. The minimum absolute atomic E-state index is 0.504. The Kier molecular flexibility index (Phi) is 7.54. The molecule has 0 aliphatic rings. The first-order valence-electron chi connectivity index (χ1n) is 7.29. The number of aryl methyl sites for hydroxylation is 1. The van der Waals surface area contributed by atoms with Crippen LogP contribution in [0.25, 0.3) is 0 Å².